The largest absolute Gasteiger partial charge is 0.508 e. The summed E-state index contributed by atoms with van der Waals surface area (Å²) in [5.74, 6) is 1.01. The summed E-state index contributed by atoms with van der Waals surface area (Å²) < 4.78 is 5.71. The molecule has 1 saturated heterocycles. The lowest BCUT2D eigenvalue weighted by atomic mass is 9.81. The molecular formula is C25H26ClN3O4. The van der Waals surface area contributed by atoms with Crippen molar-refractivity contribution in [2.75, 3.05) is 19.0 Å². The number of carbonyl (C=O) groups excluding carboxylic acids is 2. The van der Waals surface area contributed by atoms with Crippen molar-refractivity contribution < 1.29 is 19.4 Å². The zero-order chi connectivity index (χ0) is 23.3. The summed E-state index contributed by atoms with van der Waals surface area (Å²) in [5, 5.41) is 11.2. The van der Waals surface area contributed by atoms with Crippen LogP contribution in [-0.2, 0) is 11.2 Å². The SMILES string of the molecule is CCOc1ccc2[nH]c3c(c2c1)CC1(C)C(=O)N(CCCCl)C(=O)N1C3c1cccc(O)c1. The van der Waals surface area contributed by atoms with E-state index in [0.29, 0.717) is 25.3 Å². The second-order valence-corrected chi connectivity index (χ2v) is 9.14. The molecule has 0 saturated carbocycles. The van der Waals surface area contributed by atoms with Gasteiger partial charge in [-0.05, 0) is 61.7 Å². The van der Waals surface area contributed by atoms with E-state index < -0.39 is 11.6 Å². The number of nitrogens with one attached hydrogen (secondary N) is 1. The van der Waals surface area contributed by atoms with Gasteiger partial charge < -0.3 is 14.8 Å². The molecule has 8 heteroatoms. The van der Waals surface area contributed by atoms with Crippen molar-refractivity contribution in [3.63, 3.8) is 0 Å². The number of urea groups is 1. The van der Waals surface area contributed by atoms with Crippen LogP contribution in [0.3, 0.4) is 0 Å². The first-order valence-corrected chi connectivity index (χ1v) is 11.7. The van der Waals surface area contributed by atoms with Gasteiger partial charge >= 0.3 is 6.03 Å². The monoisotopic (exact) mass is 467 g/mol. The zero-order valence-electron chi connectivity index (χ0n) is 18.6. The number of H-pyrrole nitrogens is 1. The summed E-state index contributed by atoms with van der Waals surface area (Å²) in [5.41, 5.74) is 2.43. The maximum atomic E-state index is 13.6. The van der Waals surface area contributed by atoms with Crippen LogP contribution in [0.2, 0.25) is 0 Å². The molecule has 2 N–H and O–H groups in total. The first-order chi connectivity index (χ1) is 15.9. The van der Waals surface area contributed by atoms with Gasteiger partial charge in [0, 0.05) is 35.4 Å². The van der Waals surface area contributed by atoms with Crippen molar-refractivity contribution in [1.29, 1.82) is 0 Å². The number of hydrogen-bond acceptors (Lipinski definition) is 4. The number of benzene rings is 2. The Balaban J connectivity index is 1.72. The van der Waals surface area contributed by atoms with Gasteiger partial charge in [-0.3, -0.25) is 14.6 Å². The number of halogens is 1. The van der Waals surface area contributed by atoms with Gasteiger partial charge in [0.25, 0.3) is 5.91 Å². The van der Waals surface area contributed by atoms with Crippen LogP contribution in [0.25, 0.3) is 10.9 Å². The molecule has 2 unspecified atom stereocenters. The maximum absolute atomic E-state index is 13.6. The van der Waals surface area contributed by atoms with Crippen molar-refractivity contribution in [3.05, 3.63) is 59.3 Å². The van der Waals surface area contributed by atoms with Gasteiger partial charge in [0.1, 0.15) is 23.1 Å². The number of phenolic OH excluding ortho intramolecular Hbond substituents is 1. The van der Waals surface area contributed by atoms with E-state index >= 15 is 0 Å². The average molecular weight is 468 g/mol. The Morgan fingerprint density at radius 1 is 1.24 bits per heavy atom. The number of fused-ring (bicyclic) bond motifs is 4. The van der Waals surface area contributed by atoms with Crippen LogP contribution in [-0.4, -0.2) is 56.4 Å². The predicted molar refractivity (Wildman–Crippen MR) is 126 cm³/mol. The van der Waals surface area contributed by atoms with Gasteiger partial charge in [0.2, 0.25) is 0 Å². The van der Waals surface area contributed by atoms with Gasteiger partial charge in [0.15, 0.2) is 0 Å². The Labute approximate surface area is 196 Å². The summed E-state index contributed by atoms with van der Waals surface area (Å²) in [6, 6.07) is 11.8. The first-order valence-electron chi connectivity index (χ1n) is 11.2. The normalized spacial score (nSPS) is 22.1. The highest BCUT2D eigenvalue weighted by molar-refractivity contribution is 6.18. The molecule has 0 bridgehead atoms. The second kappa shape index (κ2) is 7.99. The number of carbonyl (C=O) groups is 2. The quantitative estimate of drug-likeness (QED) is 0.410. The molecular weight excluding hydrogens is 442 g/mol. The molecule has 3 aromatic rings. The third kappa shape index (κ3) is 3.25. The number of aromatic amines is 1. The zero-order valence-corrected chi connectivity index (χ0v) is 19.4. The van der Waals surface area contributed by atoms with Crippen molar-refractivity contribution in [2.24, 2.45) is 0 Å². The molecule has 0 radical (unpaired) electrons. The molecule has 1 fully saturated rings. The topological polar surface area (TPSA) is 85.9 Å². The number of imide groups is 1. The maximum Gasteiger partial charge on any atom is 0.328 e. The number of nitrogens with zero attached hydrogens (tertiary/aromatic N) is 2. The summed E-state index contributed by atoms with van der Waals surface area (Å²) in [7, 11) is 0. The fourth-order valence-corrected chi connectivity index (χ4v) is 5.32. The van der Waals surface area contributed by atoms with Crippen LogP contribution in [0.4, 0.5) is 4.79 Å². The lowest BCUT2D eigenvalue weighted by molar-refractivity contribution is -0.133. The number of alkyl halides is 1. The van der Waals surface area contributed by atoms with Gasteiger partial charge in [-0.15, -0.1) is 11.6 Å². The molecule has 33 heavy (non-hydrogen) atoms. The van der Waals surface area contributed by atoms with E-state index in [-0.39, 0.29) is 24.2 Å². The molecule has 7 nitrogen and oxygen atoms in total. The number of ether oxygens (including phenoxy) is 1. The van der Waals surface area contributed by atoms with Crippen LogP contribution in [0.5, 0.6) is 11.5 Å². The number of hydrogen-bond donors (Lipinski definition) is 2. The van der Waals surface area contributed by atoms with Crippen LogP contribution in [0, 0.1) is 0 Å². The molecule has 0 aliphatic carbocycles. The molecule has 0 spiro atoms. The van der Waals surface area contributed by atoms with E-state index in [1.807, 2.05) is 38.1 Å². The minimum absolute atomic E-state index is 0.105. The predicted octanol–water partition coefficient (Wildman–Crippen LogP) is 4.57. The Bertz CT molecular complexity index is 1260. The standard InChI is InChI=1S/C25H26ClN3O4/c1-3-33-17-8-9-20-18(13-17)19-14-25(2)23(31)28(11-5-10-26)24(32)29(25)22(21(19)27-20)15-6-4-7-16(30)12-15/h4,6-9,12-13,22,27,30H,3,5,10-11,14H2,1-2H3. The molecule has 2 aliphatic rings. The Morgan fingerprint density at radius 3 is 2.79 bits per heavy atom. The molecule has 2 atom stereocenters. The lowest BCUT2D eigenvalue weighted by Crippen LogP contribution is -2.53. The molecule has 2 aliphatic heterocycles. The number of rotatable bonds is 6. The third-order valence-corrected chi connectivity index (χ3v) is 6.92. The molecule has 5 rings (SSSR count). The minimum atomic E-state index is -1.05. The van der Waals surface area contributed by atoms with E-state index in [9.17, 15) is 14.7 Å². The second-order valence-electron chi connectivity index (χ2n) is 8.76. The van der Waals surface area contributed by atoms with Crippen molar-refractivity contribution in [1.82, 2.24) is 14.8 Å². The van der Waals surface area contributed by atoms with Gasteiger partial charge in [0.05, 0.1) is 6.61 Å². The van der Waals surface area contributed by atoms with Gasteiger partial charge in [-0.25, -0.2) is 4.79 Å². The number of amides is 3. The fraction of sp³-hybridized carbons (Fsp3) is 0.360. The van der Waals surface area contributed by atoms with Crippen LogP contribution in [0.1, 0.15) is 43.1 Å². The summed E-state index contributed by atoms with van der Waals surface area (Å²) in [4.78, 5) is 33.7. The smallest absolute Gasteiger partial charge is 0.328 e. The van der Waals surface area contributed by atoms with E-state index in [4.69, 9.17) is 16.3 Å². The van der Waals surface area contributed by atoms with Gasteiger partial charge in [-0.1, -0.05) is 12.1 Å². The van der Waals surface area contributed by atoms with E-state index in [1.54, 1.807) is 23.1 Å². The lowest BCUT2D eigenvalue weighted by Gasteiger charge is -2.42. The highest BCUT2D eigenvalue weighted by Crippen LogP contribution is 2.49. The number of aromatic nitrogens is 1. The average Bonchev–Trinajstić information content (AvgIpc) is 3.23. The number of aromatic hydroxyl groups is 1. The molecule has 3 amide bonds. The Morgan fingerprint density at radius 2 is 2.06 bits per heavy atom. The van der Waals surface area contributed by atoms with Crippen LogP contribution < -0.4 is 4.74 Å². The highest BCUT2D eigenvalue weighted by Gasteiger charge is 2.60. The number of phenols is 1. The van der Waals surface area contributed by atoms with Gasteiger partial charge in [-0.2, -0.15) is 0 Å². The van der Waals surface area contributed by atoms with Crippen molar-refractivity contribution in [2.45, 2.75) is 38.3 Å². The highest BCUT2D eigenvalue weighted by atomic mass is 35.5. The molecule has 3 heterocycles. The third-order valence-electron chi connectivity index (χ3n) is 6.65. The Hall–Kier alpha value is -3.19. The summed E-state index contributed by atoms with van der Waals surface area (Å²) in [6.45, 7) is 4.60. The molecule has 2 aromatic carbocycles. The van der Waals surface area contributed by atoms with Crippen LogP contribution >= 0.6 is 11.6 Å². The molecule has 172 valence electrons. The summed E-state index contributed by atoms with van der Waals surface area (Å²) in [6.07, 6.45) is 0.918. The minimum Gasteiger partial charge on any atom is -0.508 e. The van der Waals surface area contributed by atoms with Crippen LogP contribution in [0.15, 0.2) is 42.5 Å². The molecule has 1 aromatic heterocycles. The van der Waals surface area contributed by atoms with Crippen molar-refractivity contribution in [3.8, 4) is 11.5 Å². The summed E-state index contributed by atoms with van der Waals surface area (Å²) >= 11 is 5.86. The van der Waals surface area contributed by atoms with E-state index in [1.165, 1.54) is 4.90 Å². The first kappa shape index (κ1) is 21.6. The Kier molecular flexibility index (Phi) is 5.24. The van der Waals surface area contributed by atoms with E-state index in [2.05, 4.69) is 4.98 Å². The fourth-order valence-electron chi connectivity index (χ4n) is 5.20. The van der Waals surface area contributed by atoms with Crippen molar-refractivity contribution >= 4 is 34.4 Å². The van der Waals surface area contributed by atoms with E-state index in [0.717, 1.165) is 33.5 Å².